The Balaban J connectivity index is 3.94. The molecule has 0 N–H and O–H groups in total. The molecule has 0 aromatic rings. The molecular formula is C71H130O6. The maximum absolute atomic E-state index is 12.8. The highest BCUT2D eigenvalue weighted by molar-refractivity contribution is 5.71. The molecule has 6 heteroatoms. The number of carbonyl (C=O) groups is 3. The molecular weight excluding hydrogens is 949 g/mol. The fraction of sp³-hybridized carbons (Fsp3) is 0.845. The van der Waals surface area contributed by atoms with Crippen molar-refractivity contribution < 1.29 is 28.6 Å². The first-order valence-corrected chi connectivity index (χ1v) is 34.1. The maximum Gasteiger partial charge on any atom is 0.306 e. The van der Waals surface area contributed by atoms with Crippen LogP contribution in [0.1, 0.15) is 367 Å². The molecule has 0 aromatic heterocycles. The Morgan fingerprint density at radius 3 is 0.792 bits per heavy atom. The molecule has 1 unspecified atom stereocenters. The van der Waals surface area contributed by atoms with Crippen LogP contribution in [0.15, 0.2) is 48.6 Å². The number of esters is 3. The van der Waals surface area contributed by atoms with Crippen molar-refractivity contribution in [2.24, 2.45) is 0 Å². The van der Waals surface area contributed by atoms with Gasteiger partial charge in [-0.15, -0.1) is 0 Å². The molecule has 0 amide bonds. The summed E-state index contributed by atoms with van der Waals surface area (Å²) in [4.78, 5) is 38.0. The van der Waals surface area contributed by atoms with E-state index in [1.54, 1.807) is 0 Å². The summed E-state index contributed by atoms with van der Waals surface area (Å²) in [5.74, 6) is -0.865. The lowest BCUT2D eigenvalue weighted by Crippen LogP contribution is -2.30. The van der Waals surface area contributed by atoms with Crippen LogP contribution >= 0.6 is 0 Å². The summed E-state index contributed by atoms with van der Waals surface area (Å²) in [6, 6.07) is 0. The summed E-state index contributed by atoms with van der Waals surface area (Å²) in [5, 5.41) is 0. The van der Waals surface area contributed by atoms with Crippen LogP contribution in [0.4, 0.5) is 0 Å². The Bertz CT molecular complexity index is 1330. The van der Waals surface area contributed by atoms with Crippen molar-refractivity contribution in [3.63, 3.8) is 0 Å². The first-order chi connectivity index (χ1) is 38.0. The average molecular weight is 1080 g/mol. The average Bonchev–Trinajstić information content (AvgIpc) is 3.43. The zero-order valence-corrected chi connectivity index (χ0v) is 51.7. The number of hydrogen-bond donors (Lipinski definition) is 0. The van der Waals surface area contributed by atoms with Crippen LogP contribution in [0.25, 0.3) is 0 Å². The molecule has 0 aromatic carbocycles. The lowest BCUT2D eigenvalue weighted by atomic mass is 10.0. The smallest absolute Gasteiger partial charge is 0.306 e. The molecule has 0 aliphatic rings. The summed E-state index contributed by atoms with van der Waals surface area (Å²) in [7, 11) is 0. The summed E-state index contributed by atoms with van der Waals surface area (Å²) in [5.41, 5.74) is 0. The fourth-order valence-electron chi connectivity index (χ4n) is 10.3. The first-order valence-electron chi connectivity index (χ1n) is 34.1. The molecule has 0 fully saturated rings. The molecule has 0 radical (unpaired) electrons. The van der Waals surface area contributed by atoms with Gasteiger partial charge in [0.1, 0.15) is 13.2 Å². The van der Waals surface area contributed by atoms with Gasteiger partial charge in [-0.05, 0) is 57.8 Å². The Labute approximate surface area is 479 Å². The number of carbonyl (C=O) groups excluding carboxylic acids is 3. The van der Waals surface area contributed by atoms with E-state index in [2.05, 4.69) is 69.4 Å². The number of allylic oxidation sites excluding steroid dienone is 8. The van der Waals surface area contributed by atoms with Crippen LogP contribution in [0.3, 0.4) is 0 Å². The van der Waals surface area contributed by atoms with Gasteiger partial charge in [0.25, 0.3) is 0 Å². The highest BCUT2D eigenvalue weighted by Gasteiger charge is 2.19. The van der Waals surface area contributed by atoms with Crippen molar-refractivity contribution in [1.82, 2.24) is 0 Å². The summed E-state index contributed by atoms with van der Waals surface area (Å²) >= 11 is 0. The van der Waals surface area contributed by atoms with Gasteiger partial charge in [-0.2, -0.15) is 0 Å². The number of ether oxygens (including phenoxy) is 3. The van der Waals surface area contributed by atoms with Crippen LogP contribution in [0.5, 0.6) is 0 Å². The van der Waals surface area contributed by atoms with Crippen LogP contribution in [0.2, 0.25) is 0 Å². The number of hydrogen-bond acceptors (Lipinski definition) is 6. The molecule has 77 heavy (non-hydrogen) atoms. The molecule has 0 aliphatic carbocycles. The van der Waals surface area contributed by atoms with Crippen molar-refractivity contribution in [2.75, 3.05) is 13.2 Å². The Morgan fingerprint density at radius 2 is 0.506 bits per heavy atom. The van der Waals surface area contributed by atoms with E-state index in [-0.39, 0.29) is 31.1 Å². The topological polar surface area (TPSA) is 78.9 Å². The molecule has 0 saturated heterocycles. The lowest BCUT2D eigenvalue weighted by molar-refractivity contribution is -0.167. The highest BCUT2D eigenvalue weighted by Crippen LogP contribution is 2.18. The third-order valence-electron chi connectivity index (χ3n) is 15.3. The van der Waals surface area contributed by atoms with Gasteiger partial charge in [0.15, 0.2) is 6.10 Å². The van der Waals surface area contributed by atoms with E-state index in [9.17, 15) is 14.4 Å². The first kappa shape index (κ1) is 74.4. The van der Waals surface area contributed by atoms with E-state index >= 15 is 0 Å². The van der Waals surface area contributed by atoms with Crippen LogP contribution in [-0.4, -0.2) is 37.2 Å². The van der Waals surface area contributed by atoms with Crippen molar-refractivity contribution in [3.8, 4) is 0 Å². The lowest BCUT2D eigenvalue weighted by Gasteiger charge is -2.18. The second kappa shape index (κ2) is 65.9. The van der Waals surface area contributed by atoms with E-state index in [1.165, 1.54) is 238 Å². The minimum Gasteiger partial charge on any atom is -0.462 e. The third kappa shape index (κ3) is 64.1. The summed E-state index contributed by atoms with van der Waals surface area (Å²) in [6.07, 6.45) is 83.4. The molecule has 0 rings (SSSR count). The molecule has 0 heterocycles. The predicted molar refractivity (Wildman–Crippen MR) is 335 cm³/mol. The highest BCUT2D eigenvalue weighted by atomic mass is 16.6. The Hall–Kier alpha value is -2.63. The molecule has 0 bridgehead atoms. The maximum atomic E-state index is 12.8. The van der Waals surface area contributed by atoms with Gasteiger partial charge in [-0.25, -0.2) is 0 Å². The van der Waals surface area contributed by atoms with Gasteiger partial charge in [0, 0.05) is 19.3 Å². The number of unbranched alkanes of at least 4 members (excludes halogenated alkanes) is 44. The predicted octanol–water partition coefficient (Wildman–Crippen LogP) is 23.3. The van der Waals surface area contributed by atoms with Gasteiger partial charge < -0.3 is 14.2 Å². The SMILES string of the molecule is CC/C=C\C/C=C\C/C=C\C/C=C\CCCCCCCCCCCCCCC(=O)OC(COC(=O)CCCCCCC)COC(=O)CCCCCCCCCCCCCCCCCCCCCCCCCCCCCCC. The zero-order chi connectivity index (χ0) is 55.7. The van der Waals surface area contributed by atoms with Crippen molar-refractivity contribution in [2.45, 2.75) is 374 Å². The van der Waals surface area contributed by atoms with E-state index in [4.69, 9.17) is 14.2 Å². The quantitative estimate of drug-likeness (QED) is 0.0261. The third-order valence-corrected chi connectivity index (χ3v) is 15.3. The van der Waals surface area contributed by atoms with Gasteiger partial charge in [0.05, 0.1) is 0 Å². The van der Waals surface area contributed by atoms with Gasteiger partial charge in [0.2, 0.25) is 0 Å². The fourth-order valence-corrected chi connectivity index (χ4v) is 10.3. The monoisotopic (exact) mass is 1080 g/mol. The minimum absolute atomic E-state index is 0.0695. The van der Waals surface area contributed by atoms with Crippen LogP contribution in [0, 0.1) is 0 Å². The summed E-state index contributed by atoms with van der Waals surface area (Å²) < 4.78 is 16.8. The molecule has 0 spiro atoms. The second-order valence-corrected chi connectivity index (χ2v) is 23.1. The van der Waals surface area contributed by atoms with Crippen LogP contribution < -0.4 is 0 Å². The standard InChI is InChI=1S/C71H130O6/c1-4-7-10-13-15-17-19-21-23-25-27-29-31-33-34-35-36-38-39-41-43-45-47-49-51-53-55-58-61-64-70(73)76-67-68(66-75-69(72)63-60-57-12-9-6-3)77-71(74)65-62-59-56-54-52-50-48-46-44-42-40-37-32-30-28-26-24-22-20-18-16-14-11-8-5-2/h8,11,16,18,22,24,28,30,68H,4-7,9-10,12-15,17,19-21,23,25-27,29,31-67H2,1-3H3/b11-8-,18-16-,24-22-,30-28-. The molecule has 0 aliphatic heterocycles. The second-order valence-electron chi connectivity index (χ2n) is 23.1. The van der Waals surface area contributed by atoms with Gasteiger partial charge in [-0.3, -0.25) is 14.4 Å². The Kier molecular flexibility index (Phi) is 63.6. The molecule has 6 nitrogen and oxygen atoms in total. The van der Waals surface area contributed by atoms with Gasteiger partial charge >= 0.3 is 17.9 Å². The van der Waals surface area contributed by atoms with E-state index in [0.717, 1.165) is 89.9 Å². The Morgan fingerprint density at radius 1 is 0.273 bits per heavy atom. The zero-order valence-electron chi connectivity index (χ0n) is 51.7. The van der Waals surface area contributed by atoms with Crippen molar-refractivity contribution in [3.05, 3.63) is 48.6 Å². The van der Waals surface area contributed by atoms with Gasteiger partial charge in [-0.1, -0.05) is 339 Å². The van der Waals surface area contributed by atoms with E-state index < -0.39 is 6.10 Å². The normalized spacial score (nSPS) is 12.3. The number of rotatable bonds is 63. The largest absolute Gasteiger partial charge is 0.462 e. The molecule has 1 atom stereocenters. The molecule has 0 saturated carbocycles. The van der Waals surface area contributed by atoms with Crippen molar-refractivity contribution >= 4 is 17.9 Å². The van der Waals surface area contributed by atoms with E-state index in [0.29, 0.717) is 19.3 Å². The van der Waals surface area contributed by atoms with E-state index in [1.807, 2.05) is 0 Å². The van der Waals surface area contributed by atoms with Crippen LogP contribution in [-0.2, 0) is 28.6 Å². The van der Waals surface area contributed by atoms with Crippen molar-refractivity contribution in [1.29, 1.82) is 0 Å². The minimum atomic E-state index is -0.769. The summed E-state index contributed by atoms with van der Waals surface area (Å²) in [6.45, 7) is 6.50. The molecule has 450 valence electrons.